The number of carbonyl (C=O) groups excluding carboxylic acids is 4. The predicted molar refractivity (Wildman–Crippen MR) is 237 cm³/mol. The van der Waals surface area contributed by atoms with E-state index in [0.29, 0.717) is 49.6 Å². The Balaban J connectivity index is 1.22. The molecule has 3 aromatic heterocycles. The van der Waals surface area contributed by atoms with E-state index in [1.54, 1.807) is 13.3 Å². The number of hydrazine groups is 1. The van der Waals surface area contributed by atoms with Gasteiger partial charge < -0.3 is 29.0 Å². The number of thiazole rings is 1. The minimum atomic E-state index is -1.20. The fourth-order valence-electron chi connectivity index (χ4n) is 9.69. The molecule has 4 aromatic rings. The second-order valence-electron chi connectivity index (χ2n) is 18.8. The van der Waals surface area contributed by atoms with Crippen LogP contribution in [0.1, 0.15) is 103 Å². The van der Waals surface area contributed by atoms with E-state index in [9.17, 15) is 19.2 Å². The predicted octanol–water partition coefficient (Wildman–Crippen LogP) is 6.63. The van der Waals surface area contributed by atoms with Crippen molar-refractivity contribution in [1.82, 2.24) is 35.2 Å². The number of aromatic nitrogens is 3. The van der Waals surface area contributed by atoms with Gasteiger partial charge in [0.1, 0.15) is 23.2 Å². The lowest BCUT2D eigenvalue weighted by molar-refractivity contribution is -0.156. The maximum Gasteiger partial charge on any atom is 0.324 e. The van der Waals surface area contributed by atoms with Gasteiger partial charge in [0.2, 0.25) is 11.8 Å². The molecule has 3 amide bonds. The van der Waals surface area contributed by atoms with Gasteiger partial charge in [0.05, 0.1) is 41.6 Å². The molecular weight excluding hydrogens is 807 g/mol. The van der Waals surface area contributed by atoms with Gasteiger partial charge in [0.25, 0.3) is 5.91 Å². The van der Waals surface area contributed by atoms with E-state index >= 15 is 0 Å². The first-order valence-corrected chi connectivity index (χ1v) is 23.0. The van der Waals surface area contributed by atoms with Crippen LogP contribution >= 0.6 is 11.3 Å². The number of ether oxygens (including phenoxy) is 3. The lowest BCUT2D eigenvalue weighted by Gasteiger charge is -2.48. The summed E-state index contributed by atoms with van der Waals surface area (Å²) >= 11 is 1.37. The number of nitrogens with zero attached hydrogens (tertiary/aromatic N) is 5. The van der Waals surface area contributed by atoms with Crippen LogP contribution in [0.2, 0.25) is 0 Å². The van der Waals surface area contributed by atoms with Crippen LogP contribution in [0.3, 0.4) is 0 Å². The molecule has 62 heavy (non-hydrogen) atoms. The highest BCUT2D eigenvalue weighted by atomic mass is 32.1. The Bertz CT molecular complexity index is 2370. The molecular formula is C47H61N7O7S. The Morgan fingerprint density at radius 1 is 1.11 bits per heavy atom. The number of methoxy groups -OCH3 is 1. The number of hydrogen-bond donors (Lipinski definition) is 2. The van der Waals surface area contributed by atoms with Crippen LogP contribution in [0, 0.1) is 23.2 Å². The molecule has 1 aliphatic carbocycles. The maximum absolute atomic E-state index is 14.8. The normalized spacial score (nSPS) is 26.3. The molecule has 7 atom stereocenters. The molecule has 14 nitrogen and oxygen atoms in total. The minimum Gasteiger partial charge on any atom is -0.464 e. The van der Waals surface area contributed by atoms with Gasteiger partial charge in [-0.25, -0.2) is 10.4 Å². The molecule has 15 heteroatoms. The van der Waals surface area contributed by atoms with Crippen molar-refractivity contribution in [1.29, 1.82) is 0 Å². The van der Waals surface area contributed by atoms with Gasteiger partial charge in [0, 0.05) is 77.9 Å². The van der Waals surface area contributed by atoms with E-state index in [1.807, 2.05) is 51.0 Å². The first-order chi connectivity index (χ1) is 29.6. The molecule has 8 rings (SSSR count). The van der Waals surface area contributed by atoms with E-state index in [-0.39, 0.29) is 42.6 Å². The SMILES string of the molecule is CCO[C@@H]1c2nc(cs2)-c2ccc3c(c2)c(c(-c2cccnc2[C@H](C)OC)n3CC)CC(C)(C)COC(=O)[C@@H]2CCCN(N2)C(=O)[C@H]1NC(=O)[C@@H]1[C@@H](C)[C@H]1C(=O)N1CCC1(C)C. The largest absolute Gasteiger partial charge is 0.464 e. The van der Waals surface area contributed by atoms with E-state index in [4.69, 9.17) is 24.2 Å². The first kappa shape index (κ1) is 43.9. The van der Waals surface area contributed by atoms with Crippen molar-refractivity contribution in [3.05, 3.63) is 58.2 Å². The monoisotopic (exact) mass is 867 g/mol. The number of amides is 3. The molecule has 3 fully saturated rings. The highest BCUT2D eigenvalue weighted by Gasteiger charge is 2.60. The number of likely N-dealkylation sites (tertiary alicyclic amines) is 1. The minimum absolute atomic E-state index is 0.0231. The molecule has 2 saturated heterocycles. The summed E-state index contributed by atoms with van der Waals surface area (Å²) in [7, 11) is 1.69. The van der Waals surface area contributed by atoms with Crippen LogP contribution in [0.4, 0.5) is 0 Å². The summed E-state index contributed by atoms with van der Waals surface area (Å²) in [4.78, 5) is 68.4. The Morgan fingerprint density at radius 3 is 2.60 bits per heavy atom. The number of aryl methyl sites for hydroxylation is 1. The smallest absolute Gasteiger partial charge is 0.324 e. The average molecular weight is 868 g/mol. The molecule has 3 aliphatic heterocycles. The third-order valence-electron chi connectivity index (χ3n) is 13.5. The molecule has 0 unspecified atom stereocenters. The molecule has 6 heterocycles. The summed E-state index contributed by atoms with van der Waals surface area (Å²) < 4.78 is 20.6. The zero-order valence-electron chi connectivity index (χ0n) is 37.4. The summed E-state index contributed by atoms with van der Waals surface area (Å²) in [6, 6.07) is 8.43. The maximum atomic E-state index is 14.8. The van der Waals surface area contributed by atoms with Crippen molar-refractivity contribution in [2.45, 2.75) is 117 Å². The van der Waals surface area contributed by atoms with Gasteiger partial charge in [-0.1, -0.05) is 26.8 Å². The Hall–Kier alpha value is -4.70. The van der Waals surface area contributed by atoms with Crippen LogP contribution in [0.5, 0.6) is 0 Å². The Kier molecular flexibility index (Phi) is 12.1. The fourth-order valence-corrected chi connectivity index (χ4v) is 10.6. The standard InChI is InChI=1S/C47H61N7O7S/c1-10-52-34-17-16-28-22-30(34)31(39(52)29-14-12-19-48-37(29)27(4)59-9)23-46(5,6)25-61-45(58)32-15-13-20-54(51-32)44(57)38(40(60-11-2)42-49-33(28)24-62-42)50-41(55)35-26(3)36(35)43(56)53-21-18-47(53,7)8/h12,14,16-17,19,22,24,26-27,32,35-36,38,40,51H,10-11,13,15,18,20-21,23,25H2,1-9H3,(H,50,55)/t26-,27+,32+,35-,36-,38+,40+/m1/s1. The average Bonchev–Trinajstić information content (AvgIpc) is 3.54. The first-order valence-electron chi connectivity index (χ1n) is 22.2. The van der Waals surface area contributed by atoms with Gasteiger partial charge in [0.15, 0.2) is 0 Å². The van der Waals surface area contributed by atoms with Crippen LogP contribution in [0.15, 0.2) is 41.9 Å². The van der Waals surface area contributed by atoms with E-state index < -0.39 is 47.3 Å². The molecule has 2 N–H and O–H groups in total. The van der Waals surface area contributed by atoms with Gasteiger partial charge in [-0.2, -0.15) is 0 Å². The Labute approximate surface area is 368 Å². The second-order valence-corrected chi connectivity index (χ2v) is 19.7. The van der Waals surface area contributed by atoms with Gasteiger partial charge in [-0.05, 0) is 96.0 Å². The topological polar surface area (TPSA) is 157 Å². The number of carbonyl (C=O) groups is 4. The van der Waals surface area contributed by atoms with Crippen molar-refractivity contribution >= 4 is 45.9 Å². The number of benzene rings is 1. The summed E-state index contributed by atoms with van der Waals surface area (Å²) in [5, 5.41) is 8.01. The molecule has 1 saturated carbocycles. The van der Waals surface area contributed by atoms with Crippen LogP contribution < -0.4 is 10.7 Å². The van der Waals surface area contributed by atoms with E-state index in [0.717, 1.165) is 45.4 Å². The molecule has 0 spiro atoms. The van der Waals surface area contributed by atoms with Crippen molar-refractivity contribution in [2.24, 2.45) is 23.2 Å². The molecule has 4 aliphatic rings. The number of esters is 1. The summed E-state index contributed by atoms with van der Waals surface area (Å²) in [6.45, 7) is 18.2. The van der Waals surface area contributed by atoms with Crippen molar-refractivity contribution < 1.29 is 33.4 Å². The zero-order valence-corrected chi connectivity index (χ0v) is 38.3. The van der Waals surface area contributed by atoms with Crippen molar-refractivity contribution in [3.8, 4) is 22.5 Å². The van der Waals surface area contributed by atoms with Gasteiger partial charge >= 0.3 is 5.97 Å². The quantitative estimate of drug-likeness (QED) is 0.175. The molecule has 0 radical (unpaired) electrons. The second kappa shape index (κ2) is 17.1. The van der Waals surface area contributed by atoms with Crippen LogP contribution in [-0.4, -0.2) is 99.2 Å². The number of hydrogen-bond acceptors (Lipinski definition) is 11. The van der Waals surface area contributed by atoms with Crippen molar-refractivity contribution in [3.63, 3.8) is 0 Å². The fraction of sp³-hybridized carbons (Fsp3) is 0.574. The lowest BCUT2D eigenvalue weighted by atomic mass is 9.84. The third kappa shape index (κ3) is 8.05. The highest BCUT2D eigenvalue weighted by Crippen LogP contribution is 2.50. The van der Waals surface area contributed by atoms with Gasteiger partial charge in [-0.15, -0.1) is 11.3 Å². The summed E-state index contributed by atoms with van der Waals surface area (Å²) in [5.74, 6) is -2.54. The molecule has 1 aromatic carbocycles. The van der Waals surface area contributed by atoms with Crippen LogP contribution in [-0.2, 0) is 46.4 Å². The number of cyclic esters (lactones) is 1. The number of rotatable bonds is 9. The Morgan fingerprint density at radius 2 is 1.90 bits per heavy atom. The zero-order chi connectivity index (χ0) is 44.2. The summed E-state index contributed by atoms with van der Waals surface area (Å²) in [6.07, 6.45) is 3.09. The molecule has 332 valence electrons. The third-order valence-corrected chi connectivity index (χ3v) is 14.4. The van der Waals surface area contributed by atoms with Crippen molar-refractivity contribution in [2.75, 3.05) is 33.4 Å². The van der Waals surface area contributed by atoms with E-state index in [1.165, 1.54) is 16.3 Å². The number of pyridine rings is 1. The molecule has 6 bridgehead atoms. The van der Waals surface area contributed by atoms with E-state index in [2.05, 4.69) is 60.3 Å². The van der Waals surface area contributed by atoms with Gasteiger partial charge in [-0.3, -0.25) is 29.2 Å². The lowest BCUT2D eigenvalue weighted by Crippen LogP contribution is -2.61. The summed E-state index contributed by atoms with van der Waals surface area (Å²) in [5.41, 5.74) is 9.01. The highest BCUT2D eigenvalue weighted by molar-refractivity contribution is 7.10. The number of fused-ring (bicyclic) bond motifs is 6. The van der Waals surface area contributed by atoms with Crippen LogP contribution in [0.25, 0.3) is 33.4 Å². The number of nitrogens with one attached hydrogen (secondary N) is 2.